The zero-order valence-electron chi connectivity index (χ0n) is 29.9. The summed E-state index contributed by atoms with van der Waals surface area (Å²) >= 11 is 0. The fourth-order valence-corrected chi connectivity index (χ4v) is 11.4. The Balaban J connectivity index is 1.05. The van der Waals surface area contributed by atoms with Crippen molar-refractivity contribution >= 4 is 0 Å². The molecule has 54 heavy (non-hydrogen) atoms. The number of aromatic nitrogens is 2. The van der Waals surface area contributed by atoms with Crippen LogP contribution in [0, 0.1) is 23.7 Å². The van der Waals surface area contributed by atoms with Gasteiger partial charge in [0.25, 0.3) is 0 Å². The van der Waals surface area contributed by atoms with Gasteiger partial charge in [-0.1, -0.05) is 109 Å². The van der Waals surface area contributed by atoms with Crippen LogP contribution in [0.1, 0.15) is 43.2 Å². The molecule has 0 unspecified atom stereocenters. The van der Waals surface area contributed by atoms with Crippen molar-refractivity contribution in [3.8, 4) is 79.2 Å². The summed E-state index contributed by atoms with van der Waals surface area (Å²) in [5.74, 6) is 6.85. The summed E-state index contributed by atoms with van der Waals surface area (Å²) in [6, 6.07) is 51.6. The summed E-state index contributed by atoms with van der Waals surface area (Å²) < 4.78 is 13.3. The van der Waals surface area contributed by atoms with E-state index >= 15 is 0 Å². The summed E-state index contributed by atoms with van der Waals surface area (Å²) in [7, 11) is 0. The molecule has 7 aromatic rings. The predicted molar refractivity (Wildman–Crippen MR) is 214 cm³/mol. The van der Waals surface area contributed by atoms with Gasteiger partial charge in [0.05, 0.1) is 11.4 Å². The molecular weight excluding hydrogens is 661 g/mol. The molecule has 0 radical (unpaired) electrons. The molecule has 5 aliphatic carbocycles. The van der Waals surface area contributed by atoms with E-state index in [1.807, 2.05) is 24.3 Å². The molecule has 0 saturated heterocycles. The second-order valence-corrected chi connectivity index (χ2v) is 16.2. The molecule has 4 saturated carbocycles. The molecule has 2 heterocycles. The fraction of sp³-hybridized carbons (Fsp3) is 0.200. The van der Waals surface area contributed by atoms with Crippen LogP contribution in [0.5, 0.6) is 23.0 Å². The lowest BCUT2D eigenvalue weighted by molar-refractivity contribution is -0.0399. The van der Waals surface area contributed by atoms with Crippen molar-refractivity contribution in [1.82, 2.24) is 9.97 Å². The van der Waals surface area contributed by atoms with E-state index < -0.39 is 0 Å². The van der Waals surface area contributed by atoms with Gasteiger partial charge in [-0.3, -0.25) is 0 Å². The molecule has 1 aliphatic heterocycles. The number of fused-ring (bicyclic) bond motifs is 6. The van der Waals surface area contributed by atoms with Crippen LogP contribution in [-0.4, -0.2) is 9.97 Å². The molecule has 4 fully saturated rings. The molecule has 4 heteroatoms. The van der Waals surface area contributed by atoms with Crippen molar-refractivity contribution in [2.45, 2.75) is 37.5 Å². The number of para-hydroxylation sites is 2. The molecule has 6 aliphatic rings. The number of hydrogen-bond acceptors (Lipinski definition) is 4. The Morgan fingerprint density at radius 1 is 0.444 bits per heavy atom. The number of hydrogen-bond donors (Lipinski definition) is 0. The van der Waals surface area contributed by atoms with Gasteiger partial charge in [-0.05, 0) is 120 Å². The largest absolute Gasteiger partial charge is 0.449 e. The van der Waals surface area contributed by atoms with Crippen LogP contribution in [0.4, 0.5) is 0 Å². The molecule has 4 bridgehead atoms. The lowest BCUT2D eigenvalue weighted by Gasteiger charge is -2.61. The average molecular weight is 699 g/mol. The van der Waals surface area contributed by atoms with Gasteiger partial charge in [0.2, 0.25) is 0 Å². The molecule has 1 spiro atoms. The Morgan fingerprint density at radius 2 is 1.07 bits per heavy atom. The van der Waals surface area contributed by atoms with Gasteiger partial charge in [0, 0.05) is 27.7 Å². The molecule has 0 amide bonds. The van der Waals surface area contributed by atoms with Crippen LogP contribution in [0.2, 0.25) is 0 Å². The molecule has 13 rings (SSSR count). The highest BCUT2D eigenvalue weighted by Crippen LogP contribution is 2.71. The minimum absolute atomic E-state index is 0.0622. The summed E-state index contributed by atoms with van der Waals surface area (Å²) in [5, 5.41) is 0. The molecule has 260 valence electrons. The number of ether oxygens (including phenoxy) is 2. The molecule has 6 aromatic carbocycles. The Morgan fingerprint density at radius 3 is 1.81 bits per heavy atom. The van der Waals surface area contributed by atoms with Gasteiger partial charge >= 0.3 is 0 Å². The van der Waals surface area contributed by atoms with Gasteiger partial charge in [-0.15, -0.1) is 0 Å². The first kappa shape index (κ1) is 30.5. The number of benzene rings is 6. The van der Waals surface area contributed by atoms with E-state index in [2.05, 4.69) is 121 Å². The fourth-order valence-electron chi connectivity index (χ4n) is 11.4. The van der Waals surface area contributed by atoms with Crippen molar-refractivity contribution in [3.63, 3.8) is 0 Å². The maximum atomic E-state index is 6.80. The lowest BCUT2D eigenvalue weighted by atomic mass is 9.43. The van der Waals surface area contributed by atoms with E-state index in [4.69, 9.17) is 19.4 Å². The summed E-state index contributed by atoms with van der Waals surface area (Å²) in [4.78, 5) is 10.7. The molecular formula is C50H38N2O2. The van der Waals surface area contributed by atoms with Crippen LogP contribution in [0.25, 0.3) is 56.2 Å². The van der Waals surface area contributed by atoms with Crippen molar-refractivity contribution < 1.29 is 9.47 Å². The number of nitrogens with zero attached hydrogens (tertiary/aromatic N) is 2. The topological polar surface area (TPSA) is 44.2 Å². The molecule has 0 atom stereocenters. The first-order valence-corrected chi connectivity index (χ1v) is 19.6. The van der Waals surface area contributed by atoms with Gasteiger partial charge in [-0.25, -0.2) is 9.97 Å². The maximum absolute atomic E-state index is 6.80. The van der Waals surface area contributed by atoms with E-state index in [1.165, 1.54) is 65.5 Å². The molecule has 1 aromatic heterocycles. The van der Waals surface area contributed by atoms with Gasteiger partial charge in [0.15, 0.2) is 28.8 Å². The highest BCUT2D eigenvalue weighted by Gasteiger charge is 2.62. The highest BCUT2D eigenvalue weighted by molar-refractivity contribution is 5.90. The van der Waals surface area contributed by atoms with Crippen LogP contribution >= 0.6 is 0 Å². The van der Waals surface area contributed by atoms with Crippen molar-refractivity contribution in [3.05, 3.63) is 157 Å². The Kier molecular flexibility index (Phi) is 6.49. The van der Waals surface area contributed by atoms with E-state index in [1.54, 1.807) is 0 Å². The zero-order chi connectivity index (χ0) is 35.4. The third-order valence-electron chi connectivity index (χ3n) is 13.3. The summed E-state index contributed by atoms with van der Waals surface area (Å²) in [6.45, 7) is 0. The Labute approximate surface area is 315 Å². The Hall–Kier alpha value is -6.00. The Bertz CT molecular complexity index is 2600. The van der Waals surface area contributed by atoms with Crippen LogP contribution < -0.4 is 9.47 Å². The SMILES string of the molecule is c1ccc(-c2cccc(-c3cc(-c4ccccc4)nc(-c4ccc5c(c4)C4(c6ccc7c(c6-5)Oc5ccccc5O7)C5CC6CC(C5)CC4C6)n3)c2)cc1. The van der Waals surface area contributed by atoms with Crippen molar-refractivity contribution in [2.75, 3.05) is 0 Å². The normalized spacial score (nSPS) is 23.6. The third-order valence-corrected chi connectivity index (χ3v) is 13.3. The lowest BCUT2D eigenvalue weighted by Crippen LogP contribution is -2.55. The second-order valence-electron chi connectivity index (χ2n) is 16.2. The van der Waals surface area contributed by atoms with E-state index in [0.717, 1.165) is 68.7 Å². The summed E-state index contributed by atoms with van der Waals surface area (Å²) in [6.07, 6.45) is 6.62. The quantitative estimate of drug-likeness (QED) is 0.184. The van der Waals surface area contributed by atoms with Crippen LogP contribution in [0.15, 0.2) is 146 Å². The molecule has 4 nitrogen and oxygen atoms in total. The monoisotopic (exact) mass is 698 g/mol. The predicted octanol–water partition coefficient (Wildman–Crippen LogP) is 12.8. The van der Waals surface area contributed by atoms with Crippen molar-refractivity contribution in [2.24, 2.45) is 23.7 Å². The standard InChI is InChI=1S/C50H38N2O2/c1-3-10-32(11-4-1)34-14-9-15-35(27-34)43-29-42(33-12-5-2-6-13-33)51-49(52-43)36-18-19-39-41(28-36)50(37-23-30-22-31(25-37)26-38(50)24-30)40-20-21-46-48(47(39)40)54-45-17-8-7-16-44(45)53-46/h1-21,27-31,37-38H,22-26H2. The first-order valence-electron chi connectivity index (χ1n) is 19.6. The zero-order valence-corrected chi connectivity index (χ0v) is 29.9. The summed E-state index contributed by atoms with van der Waals surface area (Å²) in [5.41, 5.74) is 12.7. The number of rotatable bonds is 4. The highest BCUT2D eigenvalue weighted by atomic mass is 16.6. The minimum atomic E-state index is -0.0622. The van der Waals surface area contributed by atoms with E-state index in [0.29, 0.717) is 11.8 Å². The maximum Gasteiger partial charge on any atom is 0.178 e. The average Bonchev–Trinajstić information content (AvgIpc) is 3.53. The van der Waals surface area contributed by atoms with E-state index in [9.17, 15) is 0 Å². The molecule has 0 N–H and O–H groups in total. The van der Waals surface area contributed by atoms with Gasteiger partial charge in [-0.2, -0.15) is 0 Å². The smallest absolute Gasteiger partial charge is 0.178 e. The van der Waals surface area contributed by atoms with Gasteiger partial charge < -0.3 is 9.47 Å². The third kappa shape index (κ3) is 4.43. The van der Waals surface area contributed by atoms with Crippen molar-refractivity contribution in [1.29, 1.82) is 0 Å². The minimum Gasteiger partial charge on any atom is -0.449 e. The van der Waals surface area contributed by atoms with Crippen LogP contribution in [0.3, 0.4) is 0 Å². The van der Waals surface area contributed by atoms with E-state index in [-0.39, 0.29) is 5.41 Å². The second kappa shape index (κ2) is 11.5. The van der Waals surface area contributed by atoms with Gasteiger partial charge in [0.1, 0.15) is 0 Å². The first-order chi connectivity index (χ1) is 26.7. The van der Waals surface area contributed by atoms with Crippen LogP contribution in [-0.2, 0) is 5.41 Å².